The summed E-state index contributed by atoms with van der Waals surface area (Å²) < 4.78 is 0. The van der Waals surface area contributed by atoms with Crippen molar-refractivity contribution in [1.29, 1.82) is 0 Å². The normalized spacial score (nSPS) is 32.2. The Hall–Kier alpha value is -1.42. The van der Waals surface area contributed by atoms with Crippen molar-refractivity contribution in [2.24, 2.45) is 10.9 Å². The molecule has 0 aromatic carbocycles. The van der Waals surface area contributed by atoms with Gasteiger partial charge in [-0.15, -0.1) is 0 Å². The quantitative estimate of drug-likeness (QED) is 0.746. The molecule has 3 unspecified atom stereocenters. The van der Waals surface area contributed by atoms with Gasteiger partial charge in [0.1, 0.15) is 0 Å². The first kappa shape index (κ1) is 11.7. The lowest BCUT2D eigenvalue weighted by Gasteiger charge is -2.45. The number of aliphatic hydroxyl groups excluding tert-OH is 1. The summed E-state index contributed by atoms with van der Waals surface area (Å²) in [7, 11) is 0. The second-order valence-electron chi connectivity index (χ2n) is 5.50. The van der Waals surface area contributed by atoms with Gasteiger partial charge >= 0.3 is 0 Å². The van der Waals surface area contributed by atoms with E-state index in [1.807, 2.05) is 11.8 Å². The minimum Gasteiger partial charge on any atom is -0.393 e. The molecule has 4 nitrogen and oxygen atoms in total. The SMILES string of the molecule is CC1=CC(C2=C(C)N3C(=O)C(C(C)O)C3C2)=NC1. The molecule has 3 aliphatic rings. The maximum Gasteiger partial charge on any atom is 0.234 e. The highest BCUT2D eigenvalue weighted by atomic mass is 16.3. The van der Waals surface area contributed by atoms with E-state index >= 15 is 0 Å². The monoisotopic (exact) mass is 246 g/mol. The lowest BCUT2D eigenvalue weighted by atomic mass is 9.82. The standard InChI is InChI=1S/C14H18N2O2/c1-7-4-11(15-6-7)10-5-12-13(9(3)17)14(18)16(12)8(10)2/h4,9,12-13,17H,5-6H2,1-3H3. The Morgan fingerprint density at radius 2 is 2.22 bits per heavy atom. The maximum atomic E-state index is 12.0. The van der Waals surface area contributed by atoms with E-state index in [0.717, 1.165) is 24.4 Å². The number of β-lactam (4-membered cyclic amide) rings is 1. The largest absolute Gasteiger partial charge is 0.393 e. The first-order valence-corrected chi connectivity index (χ1v) is 6.43. The first-order chi connectivity index (χ1) is 8.50. The molecule has 1 fully saturated rings. The van der Waals surface area contributed by atoms with Gasteiger partial charge in [-0.3, -0.25) is 9.79 Å². The molecule has 0 bridgehead atoms. The van der Waals surface area contributed by atoms with Crippen molar-refractivity contribution in [2.45, 2.75) is 39.3 Å². The number of hydrogen-bond acceptors (Lipinski definition) is 3. The van der Waals surface area contributed by atoms with Gasteiger partial charge in [-0.25, -0.2) is 0 Å². The number of nitrogens with zero attached hydrogens (tertiary/aromatic N) is 2. The highest BCUT2D eigenvalue weighted by molar-refractivity contribution is 6.12. The van der Waals surface area contributed by atoms with Gasteiger partial charge in [0.2, 0.25) is 5.91 Å². The number of hydrogen-bond donors (Lipinski definition) is 1. The summed E-state index contributed by atoms with van der Waals surface area (Å²) in [5.41, 5.74) is 4.48. The Morgan fingerprint density at radius 1 is 1.50 bits per heavy atom. The van der Waals surface area contributed by atoms with Gasteiger partial charge in [-0.1, -0.05) is 0 Å². The summed E-state index contributed by atoms with van der Waals surface area (Å²) in [4.78, 5) is 18.3. The fourth-order valence-electron chi connectivity index (χ4n) is 3.24. The molecule has 96 valence electrons. The van der Waals surface area contributed by atoms with E-state index in [-0.39, 0.29) is 17.9 Å². The predicted octanol–water partition coefficient (Wildman–Crippen LogP) is 1.27. The van der Waals surface area contributed by atoms with Crippen LogP contribution in [-0.2, 0) is 4.79 Å². The molecule has 0 aromatic heterocycles. The number of rotatable bonds is 2. The lowest BCUT2D eigenvalue weighted by molar-refractivity contribution is -0.157. The van der Waals surface area contributed by atoms with Crippen molar-refractivity contribution >= 4 is 11.6 Å². The van der Waals surface area contributed by atoms with Crippen molar-refractivity contribution in [2.75, 3.05) is 6.54 Å². The second-order valence-corrected chi connectivity index (χ2v) is 5.50. The summed E-state index contributed by atoms with van der Waals surface area (Å²) in [6.07, 6.45) is 2.37. The molecule has 0 aliphatic carbocycles. The smallest absolute Gasteiger partial charge is 0.234 e. The van der Waals surface area contributed by atoms with E-state index in [9.17, 15) is 9.90 Å². The van der Waals surface area contributed by atoms with Crippen molar-refractivity contribution in [3.05, 3.63) is 22.9 Å². The van der Waals surface area contributed by atoms with E-state index in [1.165, 1.54) is 11.1 Å². The molecule has 4 heteroatoms. The third-order valence-electron chi connectivity index (χ3n) is 4.19. The van der Waals surface area contributed by atoms with Crippen LogP contribution in [0.3, 0.4) is 0 Å². The number of aliphatic imine (C=N–C) groups is 1. The van der Waals surface area contributed by atoms with Crippen molar-refractivity contribution in [3.63, 3.8) is 0 Å². The molecule has 0 radical (unpaired) electrons. The minimum absolute atomic E-state index is 0.0572. The Bertz CT molecular complexity index is 514. The highest BCUT2D eigenvalue weighted by Crippen LogP contribution is 2.44. The number of aliphatic hydroxyl groups is 1. The minimum atomic E-state index is -0.561. The van der Waals surface area contributed by atoms with Crippen LogP contribution in [0.5, 0.6) is 0 Å². The van der Waals surface area contributed by atoms with Crippen LogP contribution in [0.2, 0.25) is 0 Å². The topological polar surface area (TPSA) is 52.9 Å². The Labute approximate surface area is 107 Å². The van der Waals surface area contributed by atoms with Gasteiger partial charge in [0.05, 0.1) is 30.3 Å². The van der Waals surface area contributed by atoms with Gasteiger partial charge < -0.3 is 10.0 Å². The van der Waals surface area contributed by atoms with E-state index in [2.05, 4.69) is 18.0 Å². The predicted molar refractivity (Wildman–Crippen MR) is 69.2 cm³/mol. The van der Waals surface area contributed by atoms with Crippen LogP contribution in [0.4, 0.5) is 0 Å². The molecule has 3 aliphatic heterocycles. The average molecular weight is 246 g/mol. The molecule has 1 N–H and O–H groups in total. The zero-order valence-electron chi connectivity index (χ0n) is 11.0. The fraction of sp³-hybridized carbons (Fsp3) is 0.571. The molecule has 1 saturated heterocycles. The van der Waals surface area contributed by atoms with Crippen molar-refractivity contribution in [1.82, 2.24) is 4.90 Å². The van der Waals surface area contributed by atoms with Gasteiger partial charge in [0.15, 0.2) is 0 Å². The van der Waals surface area contributed by atoms with Gasteiger partial charge in [-0.2, -0.15) is 0 Å². The number of allylic oxidation sites excluding steroid dienone is 2. The highest BCUT2D eigenvalue weighted by Gasteiger charge is 2.54. The zero-order valence-corrected chi connectivity index (χ0v) is 11.0. The van der Waals surface area contributed by atoms with Gasteiger partial charge in [0, 0.05) is 5.70 Å². The van der Waals surface area contributed by atoms with Gasteiger partial charge in [-0.05, 0) is 44.4 Å². The molecule has 1 amide bonds. The number of carbonyl (C=O) groups is 1. The summed E-state index contributed by atoms with van der Waals surface area (Å²) >= 11 is 0. The van der Waals surface area contributed by atoms with E-state index < -0.39 is 6.10 Å². The van der Waals surface area contributed by atoms with Crippen LogP contribution in [0.25, 0.3) is 0 Å². The zero-order chi connectivity index (χ0) is 13.0. The Balaban J connectivity index is 1.88. The van der Waals surface area contributed by atoms with Crippen LogP contribution in [-0.4, -0.2) is 40.3 Å². The summed E-state index contributed by atoms with van der Waals surface area (Å²) in [5.74, 6) is -0.175. The number of fused-ring (bicyclic) bond motifs is 1. The molecule has 18 heavy (non-hydrogen) atoms. The van der Waals surface area contributed by atoms with E-state index in [1.54, 1.807) is 6.92 Å². The van der Waals surface area contributed by atoms with E-state index in [4.69, 9.17) is 0 Å². The van der Waals surface area contributed by atoms with Crippen molar-refractivity contribution < 1.29 is 9.90 Å². The van der Waals surface area contributed by atoms with E-state index in [0.29, 0.717) is 0 Å². The molecular weight excluding hydrogens is 228 g/mol. The molecule has 0 aromatic rings. The Morgan fingerprint density at radius 3 is 2.78 bits per heavy atom. The summed E-state index contributed by atoms with van der Waals surface area (Å²) in [6.45, 7) is 6.52. The molecule has 3 heterocycles. The van der Waals surface area contributed by atoms with Crippen molar-refractivity contribution in [3.8, 4) is 0 Å². The number of amides is 1. The number of carbonyl (C=O) groups excluding carboxylic acids is 1. The Kier molecular flexibility index (Phi) is 2.45. The molecular formula is C14H18N2O2. The van der Waals surface area contributed by atoms with Gasteiger partial charge in [0.25, 0.3) is 0 Å². The molecule has 3 rings (SSSR count). The third kappa shape index (κ3) is 1.42. The van der Waals surface area contributed by atoms with Crippen LogP contribution < -0.4 is 0 Å². The summed E-state index contributed by atoms with van der Waals surface area (Å²) in [6, 6.07) is 0.143. The molecule has 3 atom stereocenters. The molecule has 0 saturated carbocycles. The fourth-order valence-corrected chi connectivity index (χ4v) is 3.24. The van der Waals surface area contributed by atoms with Crippen LogP contribution >= 0.6 is 0 Å². The molecule has 0 spiro atoms. The third-order valence-corrected chi connectivity index (χ3v) is 4.19. The lowest BCUT2D eigenvalue weighted by Crippen LogP contribution is -2.60. The average Bonchev–Trinajstić information content (AvgIpc) is 2.79. The first-order valence-electron chi connectivity index (χ1n) is 6.43. The second kappa shape index (κ2) is 3.79. The van der Waals surface area contributed by atoms with Crippen LogP contribution in [0.15, 0.2) is 27.9 Å². The van der Waals surface area contributed by atoms with Crippen LogP contribution in [0.1, 0.15) is 27.2 Å². The summed E-state index contributed by atoms with van der Waals surface area (Å²) in [5, 5.41) is 9.66. The van der Waals surface area contributed by atoms with Crippen LogP contribution in [0, 0.1) is 5.92 Å². The maximum absolute atomic E-state index is 12.0.